The van der Waals surface area contributed by atoms with Crippen molar-refractivity contribution in [2.24, 2.45) is 4.99 Å². The van der Waals surface area contributed by atoms with Crippen molar-refractivity contribution in [3.63, 3.8) is 0 Å². The van der Waals surface area contributed by atoms with Gasteiger partial charge in [0.15, 0.2) is 5.96 Å². The highest BCUT2D eigenvalue weighted by molar-refractivity contribution is 14.0. The van der Waals surface area contributed by atoms with E-state index < -0.39 is 11.7 Å². The van der Waals surface area contributed by atoms with Gasteiger partial charge >= 0.3 is 6.18 Å². The van der Waals surface area contributed by atoms with E-state index >= 15 is 0 Å². The molecule has 0 amide bonds. The van der Waals surface area contributed by atoms with Crippen molar-refractivity contribution in [3.05, 3.63) is 23.9 Å². The summed E-state index contributed by atoms with van der Waals surface area (Å²) in [5, 5.41) is 5.75. The van der Waals surface area contributed by atoms with Crippen LogP contribution in [0.25, 0.3) is 0 Å². The summed E-state index contributed by atoms with van der Waals surface area (Å²) in [7, 11) is 3.34. The zero-order valence-corrected chi connectivity index (χ0v) is 13.3. The van der Waals surface area contributed by atoms with Crippen LogP contribution in [-0.2, 0) is 6.18 Å². The van der Waals surface area contributed by atoms with Crippen molar-refractivity contribution in [2.45, 2.75) is 6.18 Å². The minimum atomic E-state index is -4.38. The summed E-state index contributed by atoms with van der Waals surface area (Å²) in [5.74, 6) is 0.748. The van der Waals surface area contributed by atoms with Crippen LogP contribution in [-0.4, -0.2) is 38.2 Å². The molecule has 0 bridgehead atoms. The van der Waals surface area contributed by atoms with Crippen LogP contribution in [0.5, 0.6) is 5.88 Å². The van der Waals surface area contributed by atoms with Gasteiger partial charge in [0.25, 0.3) is 0 Å². The minimum absolute atomic E-state index is 0. The summed E-state index contributed by atoms with van der Waals surface area (Å²) >= 11 is 0. The summed E-state index contributed by atoms with van der Waals surface area (Å²) in [6, 6.07) is 2.12. The van der Waals surface area contributed by atoms with Crippen LogP contribution in [0.3, 0.4) is 0 Å². The van der Waals surface area contributed by atoms with E-state index in [-0.39, 0.29) is 36.5 Å². The Morgan fingerprint density at radius 1 is 1.40 bits per heavy atom. The van der Waals surface area contributed by atoms with Gasteiger partial charge in [-0.25, -0.2) is 4.98 Å². The predicted octanol–water partition coefficient (Wildman–Crippen LogP) is 1.89. The Morgan fingerprint density at radius 3 is 2.55 bits per heavy atom. The molecule has 0 aliphatic rings. The Hall–Kier alpha value is -1.26. The van der Waals surface area contributed by atoms with Gasteiger partial charge in [0.1, 0.15) is 6.61 Å². The number of aliphatic imine (C=N–C) groups is 1. The van der Waals surface area contributed by atoms with Gasteiger partial charge in [-0.3, -0.25) is 4.99 Å². The molecule has 2 N–H and O–H groups in total. The third-order valence-electron chi connectivity index (χ3n) is 2.17. The molecule has 1 rings (SSSR count). The number of guanidine groups is 1. The Labute approximate surface area is 132 Å². The van der Waals surface area contributed by atoms with Crippen molar-refractivity contribution in [2.75, 3.05) is 27.2 Å². The average Bonchev–Trinajstić information content (AvgIpc) is 2.38. The summed E-state index contributed by atoms with van der Waals surface area (Å²) in [6.07, 6.45) is -3.64. The number of nitrogens with zero attached hydrogens (tertiary/aromatic N) is 2. The molecule has 0 aromatic carbocycles. The molecule has 20 heavy (non-hydrogen) atoms. The molecule has 0 saturated carbocycles. The molecule has 1 aromatic rings. The van der Waals surface area contributed by atoms with E-state index in [1.165, 1.54) is 6.07 Å². The fourth-order valence-corrected chi connectivity index (χ4v) is 1.24. The fourth-order valence-electron chi connectivity index (χ4n) is 1.24. The first-order valence-electron chi connectivity index (χ1n) is 5.52. The van der Waals surface area contributed by atoms with Gasteiger partial charge in [-0.2, -0.15) is 13.2 Å². The normalized spacial score (nSPS) is 11.6. The maximum atomic E-state index is 12.3. The lowest BCUT2D eigenvalue weighted by molar-refractivity contribution is -0.137. The molecule has 0 aliphatic carbocycles. The largest absolute Gasteiger partial charge is 0.476 e. The van der Waals surface area contributed by atoms with E-state index in [9.17, 15) is 13.2 Å². The molecule has 9 heteroatoms. The van der Waals surface area contributed by atoms with E-state index in [4.69, 9.17) is 4.74 Å². The zero-order valence-electron chi connectivity index (χ0n) is 11.0. The Morgan fingerprint density at radius 2 is 2.10 bits per heavy atom. The molecule has 5 nitrogen and oxygen atoms in total. The Balaban J connectivity index is 0.00000361. The number of halogens is 4. The second kappa shape index (κ2) is 8.82. The van der Waals surface area contributed by atoms with Gasteiger partial charge in [-0.15, -0.1) is 24.0 Å². The van der Waals surface area contributed by atoms with Gasteiger partial charge in [0.2, 0.25) is 5.88 Å². The van der Waals surface area contributed by atoms with Crippen molar-refractivity contribution in [1.82, 2.24) is 15.6 Å². The van der Waals surface area contributed by atoms with Crippen molar-refractivity contribution in [1.29, 1.82) is 0 Å². The molecule has 0 unspecified atom stereocenters. The van der Waals surface area contributed by atoms with Crippen molar-refractivity contribution < 1.29 is 17.9 Å². The maximum Gasteiger partial charge on any atom is 0.417 e. The molecule has 0 radical (unpaired) electrons. The first-order chi connectivity index (χ1) is 8.97. The zero-order chi connectivity index (χ0) is 14.3. The standard InChI is InChI=1S/C11H15F3N4O.HI/c1-15-10(16-2)17-5-6-19-9-4-3-8(7-18-9)11(12,13)14;/h3-4,7H,5-6H2,1-2H3,(H2,15,16,17);1H. The van der Waals surface area contributed by atoms with E-state index in [1.807, 2.05) is 0 Å². The van der Waals surface area contributed by atoms with Crippen molar-refractivity contribution >= 4 is 29.9 Å². The number of ether oxygens (including phenoxy) is 1. The first-order valence-corrected chi connectivity index (χ1v) is 5.52. The van der Waals surface area contributed by atoms with E-state index in [0.717, 1.165) is 12.3 Å². The quantitative estimate of drug-likeness (QED) is 0.349. The molecule has 114 valence electrons. The third-order valence-corrected chi connectivity index (χ3v) is 2.17. The number of hydrogen-bond acceptors (Lipinski definition) is 3. The second-order valence-electron chi connectivity index (χ2n) is 3.48. The first kappa shape index (κ1) is 18.7. The summed E-state index contributed by atoms with van der Waals surface area (Å²) < 4.78 is 42.0. The van der Waals surface area contributed by atoms with E-state index in [0.29, 0.717) is 12.5 Å². The lowest BCUT2D eigenvalue weighted by atomic mass is 10.3. The predicted molar refractivity (Wildman–Crippen MR) is 80.6 cm³/mol. The van der Waals surface area contributed by atoms with Gasteiger partial charge < -0.3 is 15.4 Å². The minimum Gasteiger partial charge on any atom is -0.476 e. The molecule has 0 saturated heterocycles. The van der Waals surface area contributed by atoms with E-state index in [1.54, 1.807) is 14.1 Å². The van der Waals surface area contributed by atoms with Crippen molar-refractivity contribution in [3.8, 4) is 5.88 Å². The topological polar surface area (TPSA) is 58.5 Å². The van der Waals surface area contributed by atoms with Crippen LogP contribution in [0, 0.1) is 0 Å². The van der Waals surface area contributed by atoms with Gasteiger partial charge in [-0.05, 0) is 6.07 Å². The van der Waals surface area contributed by atoms with Gasteiger partial charge in [0, 0.05) is 26.4 Å². The third kappa shape index (κ3) is 6.26. The summed E-state index contributed by atoms with van der Waals surface area (Å²) in [4.78, 5) is 7.47. The maximum absolute atomic E-state index is 12.3. The van der Waals surface area contributed by atoms with Crippen LogP contribution in [0.4, 0.5) is 13.2 Å². The molecule has 0 aliphatic heterocycles. The lowest BCUT2D eigenvalue weighted by Crippen LogP contribution is -2.37. The molecule has 1 heterocycles. The van der Waals surface area contributed by atoms with E-state index in [2.05, 4.69) is 20.6 Å². The second-order valence-corrected chi connectivity index (χ2v) is 3.48. The van der Waals surface area contributed by atoms with Crippen LogP contribution >= 0.6 is 24.0 Å². The Kier molecular flexibility index (Phi) is 8.26. The number of nitrogens with one attached hydrogen (secondary N) is 2. The van der Waals surface area contributed by atoms with Crippen LogP contribution in [0.15, 0.2) is 23.3 Å². The SMILES string of the molecule is CN=C(NC)NCCOc1ccc(C(F)(F)F)cn1.I. The highest BCUT2D eigenvalue weighted by Gasteiger charge is 2.30. The highest BCUT2D eigenvalue weighted by atomic mass is 127. The smallest absolute Gasteiger partial charge is 0.417 e. The molecule has 0 spiro atoms. The van der Waals surface area contributed by atoms with Gasteiger partial charge in [-0.1, -0.05) is 0 Å². The Bertz CT molecular complexity index is 423. The highest BCUT2D eigenvalue weighted by Crippen LogP contribution is 2.29. The molecule has 1 aromatic heterocycles. The van der Waals surface area contributed by atoms with Gasteiger partial charge in [0.05, 0.1) is 12.1 Å². The molecular weight excluding hydrogens is 388 g/mol. The molecule has 0 atom stereocenters. The van der Waals surface area contributed by atoms with Crippen LogP contribution in [0.1, 0.15) is 5.56 Å². The number of rotatable bonds is 4. The average molecular weight is 404 g/mol. The number of hydrogen-bond donors (Lipinski definition) is 2. The number of alkyl halides is 3. The number of aromatic nitrogens is 1. The summed E-state index contributed by atoms with van der Waals surface area (Å²) in [6.45, 7) is 0.718. The van der Waals surface area contributed by atoms with Crippen LogP contribution < -0.4 is 15.4 Å². The monoisotopic (exact) mass is 404 g/mol. The van der Waals surface area contributed by atoms with Crippen LogP contribution in [0.2, 0.25) is 0 Å². The lowest BCUT2D eigenvalue weighted by Gasteiger charge is -2.10. The summed E-state index contributed by atoms with van der Waals surface area (Å²) in [5.41, 5.74) is -0.798. The molecular formula is C11H16F3IN4O. The molecule has 0 fully saturated rings. The number of pyridine rings is 1. The fraction of sp³-hybridized carbons (Fsp3) is 0.455.